The van der Waals surface area contributed by atoms with Gasteiger partial charge in [-0.1, -0.05) is 0 Å². The van der Waals surface area contributed by atoms with E-state index in [9.17, 15) is 18.0 Å². The van der Waals surface area contributed by atoms with Crippen LogP contribution in [0.4, 0.5) is 30.6 Å². The van der Waals surface area contributed by atoms with Crippen LogP contribution in [0.3, 0.4) is 0 Å². The summed E-state index contributed by atoms with van der Waals surface area (Å²) in [6, 6.07) is 13.5. The standard InChI is InChI=1S/C26H25F3N6O2/c1-34-22-9-8-19(14-21(22)32-25(34)31-18-6-4-17(5-7-18)26(27,28)29)37-20-10-11-30-23(15-20)33-24(36)16-35-12-2-3-13-35/h4-11,14-15H,2-3,12-13,16H2,1H3,(H,31,32)(H,30,33,36). The van der Waals surface area contributed by atoms with Gasteiger partial charge >= 0.3 is 6.18 Å². The first-order chi connectivity index (χ1) is 17.7. The van der Waals surface area contributed by atoms with Crippen molar-refractivity contribution < 1.29 is 22.7 Å². The highest BCUT2D eigenvalue weighted by Crippen LogP contribution is 2.31. The van der Waals surface area contributed by atoms with E-state index in [4.69, 9.17) is 4.74 Å². The topological polar surface area (TPSA) is 84.3 Å². The van der Waals surface area contributed by atoms with Crippen molar-refractivity contribution in [3.8, 4) is 11.5 Å². The zero-order chi connectivity index (χ0) is 26.0. The van der Waals surface area contributed by atoms with Crippen molar-refractivity contribution in [2.75, 3.05) is 30.3 Å². The van der Waals surface area contributed by atoms with E-state index in [1.165, 1.54) is 12.1 Å². The molecule has 4 aromatic rings. The number of rotatable bonds is 7. The van der Waals surface area contributed by atoms with Crippen molar-refractivity contribution in [2.24, 2.45) is 7.05 Å². The maximum atomic E-state index is 12.8. The van der Waals surface area contributed by atoms with Gasteiger partial charge in [0.1, 0.15) is 17.3 Å². The number of carbonyl (C=O) groups excluding carboxylic acids is 1. The number of benzene rings is 2. The summed E-state index contributed by atoms with van der Waals surface area (Å²) >= 11 is 0. The fraction of sp³-hybridized carbons (Fsp3) is 0.269. The molecule has 3 heterocycles. The van der Waals surface area contributed by atoms with Gasteiger partial charge in [-0.3, -0.25) is 9.69 Å². The Hall–Kier alpha value is -4.12. The van der Waals surface area contributed by atoms with Gasteiger partial charge in [-0.2, -0.15) is 13.2 Å². The van der Waals surface area contributed by atoms with Crippen LogP contribution in [-0.4, -0.2) is 45.0 Å². The minimum Gasteiger partial charge on any atom is -0.457 e. The molecule has 0 unspecified atom stereocenters. The molecule has 2 aromatic heterocycles. The number of pyridine rings is 1. The van der Waals surface area contributed by atoms with Gasteiger partial charge in [-0.05, 0) is 68.4 Å². The number of ether oxygens (including phenoxy) is 1. The van der Waals surface area contributed by atoms with E-state index < -0.39 is 11.7 Å². The number of alkyl halides is 3. The van der Waals surface area contributed by atoms with Crippen LogP contribution in [0.25, 0.3) is 11.0 Å². The Balaban J connectivity index is 1.27. The summed E-state index contributed by atoms with van der Waals surface area (Å²) in [6.45, 7) is 2.20. The van der Waals surface area contributed by atoms with E-state index in [1.54, 1.807) is 35.0 Å². The Bertz CT molecular complexity index is 1410. The van der Waals surface area contributed by atoms with Crippen LogP contribution in [0, 0.1) is 0 Å². The summed E-state index contributed by atoms with van der Waals surface area (Å²) < 4.78 is 46.3. The molecule has 2 N–H and O–H groups in total. The average Bonchev–Trinajstić information content (AvgIpc) is 3.46. The minimum atomic E-state index is -4.39. The molecule has 5 rings (SSSR count). The lowest BCUT2D eigenvalue weighted by atomic mass is 10.2. The van der Waals surface area contributed by atoms with Gasteiger partial charge in [0.15, 0.2) is 0 Å². The number of nitrogens with one attached hydrogen (secondary N) is 2. The van der Waals surface area contributed by atoms with Crippen LogP contribution in [0.5, 0.6) is 11.5 Å². The van der Waals surface area contributed by atoms with E-state index in [0.29, 0.717) is 41.0 Å². The fourth-order valence-electron chi connectivity index (χ4n) is 4.23. The number of anilines is 3. The molecule has 0 saturated carbocycles. The fourth-order valence-corrected chi connectivity index (χ4v) is 4.23. The van der Waals surface area contributed by atoms with E-state index >= 15 is 0 Å². The molecular formula is C26H25F3N6O2. The number of hydrogen-bond acceptors (Lipinski definition) is 6. The normalized spacial score (nSPS) is 14.2. The van der Waals surface area contributed by atoms with Crippen LogP contribution >= 0.6 is 0 Å². The minimum absolute atomic E-state index is 0.116. The van der Waals surface area contributed by atoms with Crippen molar-refractivity contribution in [1.82, 2.24) is 19.4 Å². The number of aromatic nitrogens is 3. The van der Waals surface area contributed by atoms with Crippen molar-refractivity contribution in [3.63, 3.8) is 0 Å². The highest BCUT2D eigenvalue weighted by molar-refractivity contribution is 5.91. The average molecular weight is 511 g/mol. The first kappa shape index (κ1) is 24.6. The first-order valence-electron chi connectivity index (χ1n) is 11.8. The molecule has 0 bridgehead atoms. The maximum absolute atomic E-state index is 12.8. The van der Waals surface area contributed by atoms with Gasteiger partial charge < -0.3 is 19.9 Å². The molecule has 0 spiro atoms. The number of halogens is 3. The molecule has 1 fully saturated rings. The molecule has 2 aromatic carbocycles. The van der Waals surface area contributed by atoms with Crippen LogP contribution in [0.15, 0.2) is 60.8 Å². The summed E-state index contributed by atoms with van der Waals surface area (Å²) in [5.74, 6) is 1.80. The Morgan fingerprint density at radius 2 is 1.76 bits per heavy atom. The van der Waals surface area contributed by atoms with Gasteiger partial charge in [0.05, 0.1) is 23.1 Å². The molecule has 1 saturated heterocycles. The quantitative estimate of drug-likeness (QED) is 0.339. The van der Waals surface area contributed by atoms with Gasteiger partial charge in [-0.25, -0.2) is 9.97 Å². The Labute approximate surface area is 211 Å². The zero-order valence-electron chi connectivity index (χ0n) is 20.0. The molecule has 0 atom stereocenters. The Kier molecular flexibility index (Phi) is 6.70. The monoisotopic (exact) mass is 510 g/mol. The summed E-state index contributed by atoms with van der Waals surface area (Å²) in [4.78, 5) is 23.2. The molecular weight excluding hydrogens is 485 g/mol. The van der Waals surface area contributed by atoms with Crippen LogP contribution in [-0.2, 0) is 18.0 Å². The van der Waals surface area contributed by atoms with Crippen LogP contribution in [0.2, 0.25) is 0 Å². The number of carbonyl (C=O) groups is 1. The second-order valence-corrected chi connectivity index (χ2v) is 8.86. The number of fused-ring (bicyclic) bond motifs is 1. The molecule has 0 radical (unpaired) electrons. The van der Waals surface area contributed by atoms with Gasteiger partial charge in [0.25, 0.3) is 0 Å². The van der Waals surface area contributed by atoms with Crippen LogP contribution < -0.4 is 15.4 Å². The third-order valence-electron chi connectivity index (χ3n) is 6.12. The largest absolute Gasteiger partial charge is 0.457 e. The molecule has 11 heteroatoms. The predicted octanol–water partition coefficient (Wildman–Crippen LogP) is 5.56. The van der Waals surface area contributed by atoms with Crippen LogP contribution in [0.1, 0.15) is 18.4 Å². The van der Waals surface area contributed by atoms with Gasteiger partial charge in [0, 0.05) is 31.1 Å². The highest BCUT2D eigenvalue weighted by Gasteiger charge is 2.30. The SMILES string of the molecule is Cn1c(Nc2ccc(C(F)(F)F)cc2)nc2cc(Oc3ccnc(NC(=O)CN4CCCC4)c3)ccc21. The third-order valence-corrected chi connectivity index (χ3v) is 6.12. The first-order valence-corrected chi connectivity index (χ1v) is 11.8. The molecule has 8 nitrogen and oxygen atoms in total. The smallest absolute Gasteiger partial charge is 0.416 e. The van der Waals surface area contributed by atoms with E-state index in [2.05, 4.69) is 25.5 Å². The molecule has 37 heavy (non-hydrogen) atoms. The number of amides is 1. The summed E-state index contributed by atoms with van der Waals surface area (Å²) in [7, 11) is 1.81. The second-order valence-electron chi connectivity index (χ2n) is 8.86. The van der Waals surface area contributed by atoms with E-state index in [-0.39, 0.29) is 5.91 Å². The van der Waals surface area contributed by atoms with Gasteiger partial charge in [0.2, 0.25) is 11.9 Å². The van der Waals surface area contributed by atoms with Crippen molar-refractivity contribution in [2.45, 2.75) is 19.0 Å². The summed E-state index contributed by atoms with van der Waals surface area (Å²) in [6.07, 6.45) is -0.599. The Morgan fingerprint density at radius 3 is 2.49 bits per heavy atom. The molecule has 1 aliphatic heterocycles. The molecule has 1 aliphatic rings. The van der Waals surface area contributed by atoms with E-state index in [0.717, 1.165) is 43.6 Å². The lowest BCUT2D eigenvalue weighted by molar-refractivity contribution is -0.137. The van der Waals surface area contributed by atoms with Crippen molar-refractivity contribution in [3.05, 3.63) is 66.4 Å². The highest BCUT2D eigenvalue weighted by atomic mass is 19.4. The number of nitrogens with zero attached hydrogens (tertiary/aromatic N) is 4. The maximum Gasteiger partial charge on any atom is 0.416 e. The van der Waals surface area contributed by atoms with Crippen molar-refractivity contribution >= 4 is 34.4 Å². The predicted molar refractivity (Wildman–Crippen MR) is 134 cm³/mol. The van der Waals surface area contributed by atoms with Crippen molar-refractivity contribution in [1.29, 1.82) is 0 Å². The molecule has 192 valence electrons. The lowest BCUT2D eigenvalue weighted by Gasteiger charge is -2.14. The van der Waals surface area contributed by atoms with Gasteiger partial charge in [-0.15, -0.1) is 0 Å². The summed E-state index contributed by atoms with van der Waals surface area (Å²) in [5, 5.41) is 5.86. The zero-order valence-corrected chi connectivity index (χ0v) is 20.0. The second kappa shape index (κ2) is 10.1. The van der Waals surface area contributed by atoms with E-state index in [1.807, 2.05) is 13.1 Å². The number of likely N-dealkylation sites (tertiary alicyclic amines) is 1. The lowest BCUT2D eigenvalue weighted by Crippen LogP contribution is -2.31. The summed E-state index contributed by atoms with van der Waals surface area (Å²) in [5.41, 5.74) is 1.23. The molecule has 1 amide bonds. The molecule has 0 aliphatic carbocycles. The third kappa shape index (κ3) is 5.83. The number of aryl methyl sites for hydroxylation is 1. The number of imidazole rings is 1. The Morgan fingerprint density at radius 1 is 1.03 bits per heavy atom. The number of hydrogen-bond donors (Lipinski definition) is 2.